The van der Waals surface area contributed by atoms with Crippen LogP contribution in [0.4, 0.5) is 0 Å². The first kappa shape index (κ1) is 26.2. The van der Waals surface area contributed by atoms with Gasteiger partial charge in [0.2, 0.25) is 5.91 Å². The zero-order valence-corrected chi connectivity index (χ0v) is 18.0. The van der Waals surface area contributed by atoms with Gasteiger partial charge in [-0.1, -0.05) is 6.58 Å². The van der Waals surface area contributed by atoms with Gasteiger partial charge in [0.15, 0.2) is 0 Å². The summed E-state index contributed by atoms with van der Waals surface area (Å²) in [5.41, 5.74) is 8.49. The number of hydrogen-bond acceptors (Lipinski definition) is 10. The fourth-order valence-corrected chi connectivity index (χ4v) is 2.56. The van der Waals surface area contributed by atoms with Gasteiger partial charge in [0, 0.05) is 50.4 Å². The third-order valence-corrected chi connectivity index (χ3v) is 4.12. The highest BCUT2D eigenvalue weighted by molar-refractivity contribution is 6.01. The highest BCUT2D eigenvalue weighted by Gasteiger charge is 2.32. The van der Waals surface area contributed by atoms with Crippen molar-refractivity contribution in [1.82, 2.24) is 26.5 Å². The van der Waals surface area contributed by atoms with Gasteiger partial charge in [-0.05, 0) is 26.7 Å². The lowest BCUT2D eigenvalue weighted by atomic mass is 10.2. The van der Waals surface area contributed by atoms with Crippen LogP contribution in [0.5, 0.6) is 0 Å². The molecular formula is C19H31N5O7. The van der Waals surface area contributed by atoms with E-state index in [0.29, 0.717) is 36.4 Å². The molecule has 0 spiro atoms. The number of allylic oxidation sites excluding steroid dienone is 1. The molecular weight excluding hydrogens is 410 g/mol. The molecule has 1 saturated heterocycles. The maximum absolute atomic E-state index is 12.4. The quantitative estimate of drug-likeness (QED) is 0.130. The van der Waals surface area contributed by atoms with Gasteiger partial charge < -0.3 is 15.1 Å². The molecule has 0 aromatic carbocycles. The molecule has 0 bridgehead atoms. The molecule has 0 aromatic rings. The standard InChI is InChI=1S/C19H31N5O7/c1-14(2)23(20-11-13-30-22-21-15(3)10-12-25)16(26)6-4-5-7-19(29)31-24-17(27)8-9-18(24)28/h12,14,20-22H,3-11,13H2,1-2H3. The Balaban J connectivity index is 2.20. The number of nitrogens with one attached hydrogen (secondary N) is 3. The van der Waals surface area contributed by atoms with Crippen LogP contribution < -0.4 is 16.4 Å². The Morgan fingerprint density at radius 1 is 1.19 bits per heavy atom. The highest BCUT2D eigenvalue weighted by Crippen LogP contribution is 2.13. The normalized spacial score (nSPS) is 13.5. The van der Waals surface area contributed by atoms with Crippen molar-refractivity contribution in [3.63, 3.8) is 0 Å². The van der Waals surface area contributed by atoms with Crippen LogP contribution in [0.25, 0.3) is 0 Å². The monoisotopic (exact) mass is 441 g/mol. The second kappa shape index (κ2) is 14.2. The lowest BCUT2D eigenvalue weighted by Gasteiger charge is -2.27. The summed E-state index contributed by atoms with van der Waals surface area (Å²) in [5.74, 6) is -1.86. The van der Waals surface area contributed by atoms with Gasteiger partial charge >= 0.3 is 5.97 Å². The summed E-state index contributed by atoms with van der Waals surface area (Å²) in [6.45, 7) is 7.90. The molecule has 174 valence electrons. The first-order valence-electron chi connectivity index (χ1n) is 10.1. The number of unbranched alkanes of at least 4 members (excludes halogenated alkanes) is 1. The smallest absolute Gasteiger partial charge is 0.330 e. The van der Waals surface area contributed by atoms with Crippen molar-refractivity contribution in [2.45, 2.75) is 64.8 Å². The average Bonchev–Trinajstić information content (AvgIpc) is 3.02. The van der Waals surface area contributed by atoms with E-state index in [-0.39, 0.29) is 50.7 Å². The number of hydrogen-bond donors (Lipinski definition) is 3. The first-order chi connectivity index (χ1) is 14.8. The summed E-state index contributed by atoms with van der Waals surface area (Å²) in [6, 6.07) is -0.0943. The molecule has 0 saturated carbocycles. The maximum atomic E-state index is 12.4. The van der Waals surface area contributed by atoms with E-state index in [0.717, 1.165) is 0 Å². The Morgan fingerprint density at radius 2 is 1.84 bits per heavy atom. The molecule has 1 fully saturated rings. The van der Waals surface area contributed by atoms with E-state index in [1.54, 1.807) is 0 Å². The molecule has 1 aliphatic rings. The van der Waals surface area contributed by atoms with Gasteiger partial charge in [-0.3, -0.25) is 24.2 Å². The Labute approximate surface area is 181 Å². The Bertz CT molecular complexity index is 652. The molecule has 0 radical (unpaired) electrons. The zero-order valence-electron chi connectivity index (χ0n) is 18.0. The molecule has 1 aliphatic heterocycles. The number of hydroxylamine groups is 2. The summed E-state index contributed by atoms with van der Waals surface area (Å²) in [4.78, 5) is 67.2. The molecule has 0 unspecified atom stereocenters. The van der Waals surface area contributed by atoms with Crippen LogP contribution in [0.1, 0.15) is 58.8 Å². The van der Waals surface area contributed by atoms with Crippen molar-refractivity contribution >= 4 is 30.0 Å². The number of amides is 3. The summed E-state index contributed by atoms with van der Waals surface area (Å²) < 4.78 is 0. The Kier molecular flexibility index (Phi) is 12.0. The van der Waals surface area contributed by atoms with Gasteiger partial charge in [0.1, 0.15) is 6.29 Å². The molecule has 0 aromatic heterocycles. The summed E-state index contributed by atoms with van der Waals surface area (Å²) in [7, 11) is 0. The number of aldehydes is 1. The largest absolute Gasteiger partial charge is 0.333 e. The minimum absolute atomic E-state index is 0.00134. The SMILES string of the molecule is C=C(CC=O)NNOCCNN(C(=O)CCCCC(=O)ON1C(=O)CCC1=O)C(C)C. The average molecular weight is 441 g/mol. The van der Waals surface area contributed by atoms with Gasteiger partial charge in [0.05, 0.1) is 6.61 Å². The van der Waals surface area contributed by atoms with Gasteiger partial charge in [-0.15, -0.1) is 10.7 Å². The van der Waals surface area contributed by atoms with E-state index in [1.165, 1.54) is 5.01 Å². The zero-order chi connectivity index (χ0) is 23.2. The molecule has 0 aliphatic carbocycles. The summed E-state index contributed by atoms with van der Waals surface area (Å²) in [6.07, 6.45) is 2.02. The first-order valence-corrected chi connectivity index (χ1v) is 10.1. The molecule has 31 heavy (non-hydrogen) atoms. The molecule has 1 heterocycles. The number of imide groups is 1. The second-order valence-electron chi connectivity index (χ2n) is 7.07. The summed E-state index contributed by atoms with van der Waals surface area (Å²) in [5, 5.41) is 2.00. The predicted octanol–water partition coefficient (Wildman–Crippen LogP) is 0.0241. The summed E-state index contributed by atoms with van der Waals surface area (Å²) >= 11 is 0. The highest BCUT2D eigenvalue weighted by atomic mass is 16.7. The fraction of sp³-hybridized carbons (Fsp3) is 0.632. The van der Waals surface area contributed by atoms with Crippen LogP contribution in [0.3, 0.4) is 0 Å². The number of hydrazine groups is 2. The third kappa shape index (κ3) is 10.2. The van der Waals surface area contributed by atoms with E-state index < -0.39 is 17.8 Å². The molecule has 12 heteroatoms. The molecule has 1 rings (SSSR count). The number of carbonyl (C=O) groups is 5. The van der Waals surface area contributed by atoms with Crippen LogP contribution in [-0.4, -0.2) is 59.2 Å². The Hall–Kier alpha value is -2.83. The lowest BCUT2D eigenvalue weighted by Crippen LogP contribution is -2.48. The van der Waals surface area contributed by atoms with E-state index in [9.17, 15) is 24.0 Å². The van der Waals surface area contributed by atoms with Crippen molar-refractivity contribution in [2.24, 2.45) is 0 Å². The minimum atomic E-state index is -0.677. The maximum Gasteiger partial charge on any atom is 0.333 e. The van der Waals surface area contributed by atoms with Gasteiger partial charge in [-0.25, -0.2) is 10.2 Å². The topological polar surface area (TPSA) is 146 Å². The van der Waals surface area contributed by atoms with Crippen LogP contribution in [0.15, 0.2) is 12.3 Å². The molecule has 3 N–H and O–H groups in total. The molecule has 3 amide bonds. The lowest BCUT2D eigenvalue weighted by molar-refractivity contribution is -0.197. The van der Waals surface area contributed by atoms with Gasteiger partial charge in [0.25, 0.3) is 11.8 Å². The van der Waals surface area contributed by atoms with E-state index in [1.807, 2.05) is 13.8 Å². The molecule has 12 nitrogen and oxygen atoms in total. The number of rotatable bonds is 16. The van der Waals surface area contributed by atoms with E-state index in [2.05, 4.69) is 23.0 Å². The minimum Gasteiger partial charge on any atom is -0.330 e. The van der Waals surface area contributed by atoms with Gasteiger partial charge in [-0.2, -0.15) is 0 Å². The van der Waals surface area contributed by atoms with E-state index in [4.69, 9.17) is 9.68 Å². The van der Waals surface area contributed by atoms with Crippen LogP contribution in [0, 0.1) is 0 Å². The van der Waals surface area contributed by atoms with Crippen LogP contribution >= 0.6 is 0 Å². The predicted molar refractivity (Wildman–Crippen MR) is 108 cm³/mol. The fourth-order valence-electron chi connectivity index (χ4n) is 2.56. The van der Waals surface area contributed by atoms with Crippen LogP contribution in [-0.2, 0) is 33.6 Å². The van der Waals surface area contributed by atoms with Crippen molar-refractivity contribution in [2.75, 3.05) is 13.2 Å². The Morgan fingerprint density at radius 3 is 2.45 bits per heavy atom. The van der Waals surface area contributed by atoms with E-state index >= 15 is 0 Å². The number of carbonyl (C=O) groups excluding carboxylic acids is 5. The number of nitrogens with zero attached hydrogens (tertiary/aromatic N) is 2. The third-order valence-electron chi connectivity index (χ3n) is 4.12. The van der Waals surface area contributed by atoms with Crippen LogP contribution in [0.2, 0.25) is 0 Å². The van der Waals surface area contributed by atoms with Crippen molar-refractivity contribution < 1.29 is 33.6 Å². The molecule has 0 atom stereocenters. The van der Waals surface area contributed by atoms with Crippen molar-refractivity contribution in [3.8, 4) is 0 Å². The van der Waals surface area contributed by atoms with Crippen molar-refractivity contribution in [3.05, 3.63) is 12.3 Å². The van der Waals surface area contributed by atoms with Crippen molar-refractivity contribution in [1.29, 1.82) is 0 Å². The second-order valence-corrected chi connectivity index (χ2v) is 7.07.